The first-order valence-corrected chi connectivity index (χ1v) is 10.3. The summed E-state index contributed by atoms with van der Waals surface area (Å²) in [6, 6.07) is 3.76. The summed E-state index contributed by atoms with van der Waals surface area (Å²) in [5.74, 6) is -0.00763. The van der Waals surface area contributed by atoms with Crippen LogP contribution in [0.4, 0.5) is 0 Å². The summed E-state index contributed by atoms with van der Waals surface area (Å²) < 4.78 is 1.97. The van der Waals surface area contributed by atoms with Crippen LogP contribution in [0.15, 0.2) is 16.9 Å². The molecular formula is C21H28N2O4. The third-order valence-electron chi connectivity index (χ3n) is 6.57. The van der Waals surface area contributed by atoms with Gasteiger partial charge in [-0.05, 0) is 36.7 Å². The van der Waals surface area contributed by atoms with E-state index in [2.05, 4.69) is 0 Å². The van der Waals surface area contributed by atoms with E-state index in [1.165, 1.54) is 37.7 Å². The smallest absolute Gasteiger partial charge is 0.303 e. The average molecular weight is 372 g/mol. The standard InChI is InChI=1S/C21H28N2O4/c24-18(8-9-20(26)27)22-11-14-10-16(13-22)21-17(15-4-2-1-3-5-15)6-7-19(25)23(21)12-14/h6-7,14-16H,1-5,8-13H2,(H,26,27)/t14-,16+/m0/s1. The molecule has 0 spiro atoms. The predicted molar refractivity (Wildman–Crippen MR) is 101 cm³/mol. The lowest BCUT2D eigenvalue weighted by molar-refractivity contribution is -0.141. The van der Waals surface area contributed by atoms with E-state index in [9.17, 15) is 14.4 Å². The number of piperidine rings is 1. The molecule has 3 aliphatic rings. The number of carboxylic acids is 1. The SMILES string of the molecule is O=C(O)CCC(=O)N1C[C@@H]2C[C@H](C1)c1c(C3CCCCC3)ccc(=O)n1C2. The van der Waals surface area contributed by atoms with Gasteiger partial charge in [0.2, 0.25) is 5.91 Å². The van der Waals surface area contributed by atoms with Crippen LogP contribution in [0, 0.1) is 5.92 Å². The zero-order valence-corrected chi connectivity index (χ0v) is 15.7. The number of amides is 1. The molecule has 6 nitrogen and oxygen atoms in total. The van der Waals surface area contributed by atoms with Gasteiger partial charge in [0.1, 0.15) is 0 Å². The first-order chi connectivity index (χ1) is 13.0. The molecule has 1 saturated heterocycles. The highest BCUT2D eigenvalue weighted by Crippen LogP contribution is 2.42. The van der Waals surface area contributed by atoms with Gasteiger partial charge in [0, 0.05) is 43.7 Å². The Morgan fingerprint density at radius 3 is 2.52 bits per heavy atom. The van der Waals surface area contributed by atoms with E-state index in [1.807, 2.05) is 15.5 Å². The lowest BCUT2D eigenvalue weighted by Gasteiger charge is -2.44. The molecule has 1 aromatic heterocycles. The van der Waals surface area contributed by atoms with Crippen LogP contribution in [0.25, 0.3) is 0 Å². The fourth-order valence-corrected chi connectivity index (χ4v) is 5.38. The molecule has 146 valence electrons. The van der Waals surface area contributed by atoms with Crippen molar-refractivity contribution in [3.05, 3.63) is 33.7 Å². The van der Waals surface area contributed by atoms with Crippen LogP contribution in [0.2, 0.25) is 0 Å². The van der Waals surface area contributed by atoms with Crippen molar-refractivity contribution >= 4 is 11.9 Å². The summed E-state index contributed by atoms with van der Waals surface area (Å²) in [5.41, 5.74) is 2.55. The second kappa shape index (κ2) is 7.49. The Hall–Kier alpha value is -2.11. The number of rotatable bonds is 4. The van der Waals surface area contributed by atoms with E-state index in [4.69, 9.17) is 5.11 Å². The lowest BCUT2D eigenvalue weighted by atomic mass is 9.76. The molecule has 1 amide bonds. The summed E-state index contributed by atoms with van der Waals surface area (Å²) in [7, 11) is 0. The maximum absolute atomic E-state index is 12.5. The molecule has 1 aromatic rings. The maximum Gasteiger partial charge on any atom is 0.303 e. The minimum absolute atomic E-state index is 0.0614. The molecule has 0 aromatic carbocycles. The Morgan fingerprint density at radius 1 is 1.00 bits per heavy atom. The zero-order valence-electron chi connectivity index (χ0n) is 15.7. The number of aliphatic carboxylic acids is 1. The topological polar surface area (TPSA) is 79.6 Å². The molecule has 1 saturated carbocycles. The molecule has 0 radical (unpaired) electrons. The molecular weight excluding hydrogens is 344 g/mol. The number of carbonyl (C=O) groups is 2. The highest BCUT2D eigenvalue weighted by molar-refractivity contribution is 5.80. The van der Waals surface area contributed by atoms with Gasteiger partial charge >= 0.3 is 5.97 Å². The van der Waals surface area contributed by atoms with Gasteiger partial charge < -0.3 is 14.6 Å². The third-order valence-corrected chi connectivity index (χ3v) is 6.57. The molecule has 2 atom stereocenters. The van der Waals surface area contributed by atoms with E-state index in [0.29, 0.717) is 25.6 Å². The molecule has 2 bridgehead atoms. The first-order valence-electron chi connectivity index (χ1n) is 10.3. The van der Waals surface area contributed by atoms with Gasteiger partial charge in [0.25, 0.3) is 5.56 Å². The Labute approximate surface area is 159 Å². The van der Waals surface area contributed by atoms with Gasteiger partial charge in [-0.1, -0.05) is 25.3 Å². The van der Waals surface area contributed by atoms with Crippen LogP contribution < -0.4 is 5.56 Å². The van der Waals surface area contributed by atoms with Crippen molar-refractivity contribution in [2.45, 2.75) is 69.7 Å². The van der Waals surface area contributed by atoms with Gasteiger partial charge in [-0.2, -0.15) is 0 Å². The highest BCUT2D eigenvalue weighted by Gasteiger charge is 2.38. The van der Waals surface area contributed by atoms with Gasteiger partial charge in [-0.3, -0.25) is 14.4 Å². The Bertz CT molecular complexity index is 794. The lowest BCUT2D eigenvalue weighted by Crippen LogP contribution is -2.49. The molecule has 6 heteroatoms. The summed E-state index contributed by atoms with van der Waals surface area (Å²) in [5, 5.41) is 8.85. The van der Waals surface area contributed by atoms with Crippen molar-refractivity contribution < 1.29 is 14.7 Å². The number of fused-ring (bicyclic) bond motifs is 4. The molecule has 0 unspecified atom stereocenters. The van der Waals surface area contributed by atoms with Crippen LogP contribution in [0.1, 0.15) is 74.5 Å². The highest BCUT2D eigenvalue weighted by atomic mass is 16.4. The number of carbonyl (C=O) groups excluding carboxylic acids is 1. The second-order valence-corrected chi connectivity index (χ2v) is 8.45. The summed E-state index contributed by atoms with van der Waals surface area (Å²) in [6.45, 7) is 1.92. The fraction of sp³-hybridized carbons (Fsp3) is 0.667. The number of nitrogens with zero attached hydrogens (tertiary/aromatic N) is 2. The number of likely N-dealkylation sites (tertiary alicyclic amines) is 1. The van der Waals surface area contributed by atoms with E-state index < -0.39 is 5.97 Å². The normalized spacial score (nSPS) is 25.1. The molecule has 4 rings (SSSR count). The second-order valence-electron chi connectivity index (χ2n) is 8.45. The zero-order chi connectivity index (χ0) is 19.0. The van der Waals surface area contributed by atoms with Crippen LogP contribution in [0.3, 0.4) is 0 Å². The maximum atomic E-state index is 12.5. The van der Waals surface area contributed by atoms with Gasteiger partial charge in [-0.25, -0.2) is 0 Å². The molecule has 1 N–H and O–H groups in total. The fourth-order valence-electron chi connectivity index (χ4n) is 5.38. The number of carboxylic acid groups (broad SMARTS) is 1. The Morgan fingerprint density at radius 2 is 1.78 bits per heavy atom. The number of hydrogen-bond donors (Lipinski definition) is 1. The summed E-state index contributed by atoms with van der Waals surface area (Å²) in [6.07, 6.45) is 7.12. The van der Waals surface area contributed by atoms with Crippen molar-refractivity contribution in [1.82, 2.24) is 9.47 Å². The van der Waals surface area contributed by atoms with Crippen LogP contribution in [0.5, 0.6) is 0 Å². The number of pyridine rings is 1. The van der Waals surface area contributed by atoms with Gasteiger partial charge in [-0.15, -0.1) is 0 Å². The molecule has 3 heterocycles. The van der Waals surface area contributed by atoms with Crippen LogP contribution in [-0.4, -0.2) is 39.5 Å². The minimum atomic E-state index is -0.933. The summed E-state index contributed by atoms with van der Waals surface area (Å²) in [4.78, 5) is 37.7. The van der Waals surface area contributed by atoms with Crippen molar-refractivity contribution in [3.8, 4) is 0 Å². The van der Waals surface area contributed by atoms with E-state index in [1.54, 1.807) is 6.07 Å². The molecule has 2 fully saturated rings. The largest absolute Gasteiger partial charge is 0.481 e. The van der Waals surface area contributed by atoms with E-state index in [-0.39, 0.29) is 36.1 Å². The van der Waals surface area contributed by atoms with Crippen molar-refractivity contribution in [2.75, 3.05) is 13.1 Å². The average Bonchev–Trinajstić information content (AvgIpc) is 2.67. The van der Waals surface area contributed by atoms with Gasteiger partial charge in [0.05, 0.1) is 6.42 Å². The number of hydrogen-bond acceptors (Lipinski definition) is 3. The summed E-state index contributed by atoms with van der Waals surface area (Å²) >= 11 is 0. The van der Waals surface area contributed by atoms with E-state index in [0.717, 1.165) is 12.1 Å². The van der Waals surface area contributed by atoms with E-state index >= 15 is 0 Å². The monoisotopic (exact) mass is 372 g/mol. The van der Waals surface area contributed by atoms with Crippen LogP contribution >= 0.6 is 0 Å². The van der Waals surface area contributed by atoms with Crippen molar-refractivity contribution in [3.63, 3.8) is 0 Å². The number of aromatic nitrogens is 1. The molecule has 1 aliphatic carbocycles. The van der Waals surface area contributed by atoms with Crippen LogP contribution in [-0.2, 0) is 16.1 Å². The quantitative estimate of drug-likeness (QED) is 0.881. The van der Waals surface area contributed by atoms with Gasteiger partial charge in [0.15, 0.2) is 0 Å². The molecule has 27 heavy (non-hydrogen) atoms. The Kier molecular flexibility index (Phi) is 5.06. The third kappa shape index (κ3) is 3.66. The van der Waals surface area contributed by atoms with Crippen molar-refractivity contribution in [1.29, 1.82) is 0 Å². The molecule has 2 aliphatic heterocycles. The Balaban J connectivity index is 1.61. The predicted octanol–water partition coefficient (Wildman–Crippen LogP) is 2.71. The van der Waals surface area contributed by atoms with Crippen molar-refractivity contribution in [2.24, 2.45) is 5.92 Å². The first kappa shape index (κ1) is 18.3. The minimum Gasteiger partial charge on any atom is -0.481 e.